The van der Waals surface area contributed by atoms with Crippen molar-refractivity contribution in [2.45, 2.75) is 38.1 Å². The Bertz CT molecular complexity index is 560. The zero-order valence-electron chi connectivity index (χ0n) is 13.7. The van der Waals surface area contributed by atoms with Crippen LogP contribution in [0, 0.1) is 0 Å². The summed E-state index contributed by atoms with van der Waals surface area (Å²) in [6, 6.07) is 2.64. The van der Waals surface area contributed by atoms with Gasteiger partial charge in [-0.25, -0.2) is 9.97 Å². The van der Waals surface area contributed by atoms with E-state index in [0.717, 1.165) is 51.1 Å². The summed E-state index contributed by atoms with van der Waals surface area (Å²) in [7, 11) is 0. The normalized spacial score (nSPS) is 23.1. The monoisotopic (exact) mass is 315 g/mol. The largest absolute Gasteiger partial charge is 0.357 e. The van der Waals surface area contributed by atoms with Gasteiger partial charge in [0.25, 0.3) is 5.91 Å². The molecule has 1 aromatic heterocycles. The van der Waals surface area contributed by atoms with Crippen molar-refractivity contribution in [2.24, 2.45) is 0 Å². The lowest BCUT2D eigenvalue weighted by molar-refractivity contribution is 0.0451. The minimum Gasteiger partial charge on any atom is -0.357 e. The SMILES string of the molecule is O=C(c1cc(N2CCCC2)ncn1)N1CCN(C2CCC2)CC1. The average molecular weight is 315 g/mol. The van der Waals surface area contributed by atoms with Gasteiger partial charge in [0, 0.05) is 51.4 Å². The van der Waals surface area contributed by atoms with Crippen molar-refractivity contribution in [1.82, 2.24) is 19.8 Å². The molecule has 1 aromatic rings. The fraction of sp³-hybridized carbons (Fsp3) is 0.706. The van der Waals surface area contributed by atoms with E-state index in [4.69, 9.17) is 0 Å². The summed E-state index contributed by atoms with van der Waals surface area (Å²) in [6.07, 6.45) is 7.97. The number of aromatic nitrogens is 2. The summed E-state index contributed by atoms with van der Waals surface area (Å²) in [4.78, 5) is 28.0. The molecule has 3 aliphatic rings. The molecule has 23 heavy (non-hydrogen) atoms. The molecule has 4 rings (SSSR count). The van der Waals surface area contributed by atoms with E-state index in [-0.39, 0.29) is 5.91 Å². The van der Waals surface area contributed by atoms with Gasteiger partial charge in [0.2, 0.25) is 0 Å². The summed E-state index contributed by atoms with van der Waals surface area (Å²) in [5.74, 6) is 0.954. The van der Waals surface area contributed by atoms with Crippen LogP contribution in [0.2, 0.25) is 0 Å². The number of carbonyl (C=O) groups is 1. The minimum absolute atomic E-state index is 0.0566. The van der Waals surface area contributed by atoms with Gasteiger partial charge in [-0.05, 0) is 25.7 Å². The molecule has 2 aliphatic heterocycles. The molecule has 1 aliphatic carbocycles. The van der Waals surface area contributed by atoms with Gasteiger partial charge in [-0.2, -0.15) is 0 Å². The van der Waals surface area contributed by atoms with E-state index in [1.165, 1.54) is 38.4 Å². The molecular formula is C17H25N5O. The van der Waals surface area contributed by atoms with Crippen molar-refractivity contribution in [3.05, 3.63) is 18.1 Å². The Morgan fingerprint density at radius 1 is 0.957 bits per heavy atom. The quantitative estimate of drug-likeness (QED) is 0.844. The highest BCUT2D eigenvalue weighted by molar-refractivity contribution is 5.93. The molecule has 1 amide bonds. The number of hydrogen-bond acceptors (Lipinski definition) is 5. The first-order valence-corrected chi connectivity index (χ1v) is 8.91. The third-order valence-corrected chi connectivity index (χ3v) is 5.49. The summed E-state index contributed by atoms with van der Waals surface area (Å²) in [5.41, 5.74) is 0.541. The Morgan fingerprint density at radius 3 is 2.35 bits per heavy atom. The first-order valence-electron chi connectivity index (χ1n) is 8.91. The number of amides is 1. The first-order chi connectivity index (χ1) is 11.3. The molecule has 124 valence electrons. The van der Waals surface area contributed by atoms with E-state index < -0.39 is 0 Å². The molecular weight excluding hydrogens is 290 g/mol. The molecule has 2 saturated heterocycles. The maximum absolute atomic E-state index is 12.7. The number of rotatable bonds is 3. The molecule has 0 atom stereocenters. The van der Waals surface area contributed by atoms with Gasteiger partial charge in [-0.1, -0.05) is 6.42 Å². The zero-order valence-corrected chi connectivity index (χ0v) is 13.7. The zero-order chi connectivity index (χ0) is 15.6. The Kier molecular flexibility index (Phi) is 4.16. The smallest absolute Gasteiger partial charge is 0.272 e. The Hall–Kier alpha value is -1.69. The van der Waals surface area contributed by atoms with Crippen LogP contribution in [-0.2, 0) is 0 Å². The molecule has 0 unspecified atom stereocenters. The van der Waals surface area contributed by atoms with Crippen molar-refractivity contribution in [3.63, 3.8) is 0 Å². The number of piperazine rings is 1. The van der Waals surface area contributed by atoms with E-state index in [1.807, 2.05) is 11.0 Å². The Morgan fingerprint density at radius 2 is 1.70 bits per heavy atom. The lowest BCUT2D eigenvalue weighted by atomic mass is 9.91. The standard InChI is InChI=1S/C17H25N5O/c23-17(22-10-8-20(9-11-22)14-4-3-5-14)15-12-16(19-13-18-15)21-6-1-2-7-21/h12-14H,1-11H2. The van der Waals surface area contributed by atoms with Crippen LogP contribution in [0.15, 0.2) is 12.4 Å². The minimum atomic E-state index is 0.0566. The van der Waals surface area contributed by atoms with Crippen LogP contribution in [0.25, 0.3) is 0 Å². The second-order valence-electron chi connectivity index (χ2n) is 6.87. The van der Waals surface area contributed by atoms with E-state index in [2.05, 4.69) is 19.8 Å². The molecule has 3 heterocycles. The topological polar surface area (TPSA) is 52.6 Å². The van der Waals surface area contributed by atoms with E-state index in [9.17, 15) is 4.79 Å². The lowest BCUT2D eigenvalue weighted by Crippen LogP contribution is -2.53. The van der Waals surface area contributed by atoms with Gasteiger partial charge in [-0.15, -0.1) is 0 Å². The first kappa shape index (κ1) is 14.9. The fourth-order valence-electron chi connectivity index (χ4n) is 3.79. The summed E-state index contributed by atoms with van der Waals surface area (Å²) in [5, 5.41) is 0. The molecule has 6 heteroatoms. The van der Waals surface area contributed by atoms with Crippen LogP contribution in [0.1, 0.15) is 42.6 Å². The number of anilines is 1. The second kappa shape index (κ2) is 6.43. The van der Waals surface area contributed by atoms with Crippen LogP contribution < -0.4 is 4.90 Å². The molecule has 1 saturated carbocycles. The van der Waals surface area contributed by atoms with Crippen LogP contribution in [0.5, 0.6) is 0 Å². The van der Waals surface area contributed by atoms with Gasteiger partial charge in [-0.3, -0.25) is 9.69 Å². The molecule has 0 radical (unpaired) electrons. The molecule has 0 bridgehead atoms. The van der Waals surface area contributed by atoms with Gasteiger partial charge in [0.05, 0.1) is 0 Å². The maximum atomic E-state index is 12.7. The highest BCUT2D eigenvalue weighted by Gasteiger charge is 2.30. The predicted octanol–water partition coefficient (Wildman–Crippen LogP) is 1.39. The van der Waals surface area contributed by atoms with Gasteiger partial charge < -0.3 is 9.80 Å². The fourth-order valence-corrected chi connectivity index (χ4v) is 3.79. The van der Waals surface area contributed by atoms with Crippen molar-refractivity contribution >= 4 is 11.7 Å². The number of carbonyl (C=O) groups excluding carboxylic acids is 1. The molecule has 0 N–H and O–H groups in total. The lowest BCUT2D eigenvalue weighted by Gasteiger charge is -2.42. The summed E-state index contributed by atoms with van der Waals surface area (Å²) < 4.78 is 0. The number of hydrogen-bond donors (Lipinski definition) is 0. The van der Waals surface area contributed by atoms with Gasteiger partial charge in [0.15, 0.2) is 0 Å². The van der Waals surface area contributed by atoms with Crippen molar-refractivity contribution < 1.29 is 4.79 Å². The molecule has 0 spiro atoms. The van der Waals surface area contributed by atoms with Gasteiger partial charge in [0.1, 0.15) is 17.8 Å². The third kappa shape index (κ3) is 3.04. The average Bonchev–Trinajstić information content (AvgIpc) is 3.08. The predicted molar refractivity (Wildman–Crippen MR) is 88.6 cm³/mol. The van der Waals surface area contributed by atoms with E-state index >= 15 is 0 Å². The summed E-state index contributed by atoms with van der Waals surface area (Å²) in [6.45, 7) is 5.70. The van der Waals surface area contributed by atoms with Crippen LogP contribution >= 0.6 is 0 Å². The molecule has 6 nitrogen and oxygen atoms in total. The summed E-state index contributed by atoms with van der Waals surface area (Å²) >= 11 is 0. The van der Waals surface area contributed by atoms with Crippen LogP contribution in [-0.4, -0.2) is 71.0 Å². The van der Waals surface area contributed by atoms with Crippen molar-refractivity contribution in [2.75, 3.05) is 44.2 Å². The van der Waals surface area contributed by atoms with Crippen molar-refractivity contribution in [1.29, 1.82) is 0 Å². The number of nitrogens with zero attached hydrogens (tertiary/aromatic N) is 5. The van der Waals surface area contributed by atoms with E-state index in [0.29, 0.717) is 5.69 Å². The van der Waals surface area contributed by atoms with Crippen LogP contribution in [0.3, 0.4) is 0 Å². The molecule has 0 aromatic carbocycles. The second-order valence-corrected chi connectivity index (χ2v) is 6.87. The molecule has 3 fully saturated rings. The Balaban J connectivity index is 1.39. The highest BCUT2D eigenvalue weighted by atomic mass is 16.2. The van der Waals surface area contributed by atoms with E-state index in [1.54, 1.807) is 0 Å². The Labute approximate surface area is 137 Å². The van der Waals surface area contributed by atoms with Crippen molar-refractivity contribution in [3.8, 4) is 0 Å². The third-order valence-electron chi connectivity index (χ3n) is 5.49. The maximum Gasteiger partial charge on any atom is 0.272 e. The highest BCUT2D eigenvalue weighted by Crippen LogP contribution is 2.26. The van der Waals surface area contributed by atoms with Crippen LogP contribution in [0.4, 0.5) is 5.82 Å². The van der Waals surface area contributed by atoms with Gasteiger partial charge >= 0.3 is 0 Å².